The summed E-state index contributed by atoms with van der Waals surface area (Å²) < 4.78 is 0. The number of amides is 4. The summed E-state index contributed by atoms with van der Waals surface area (Å²) in [5.74, 6) is -2.67. The van der Waals surface area contributed by atoms with Crippen molar-refractivity contribution in [1.82, 2.24) is 15.7 Å². The second-order valence-electron chi connectivity index (χ2n) is 5.22. The Morgan fingerprint density at radius 1 is 1.43 bits per heavy atom. The van der Waals surface area contributed by atoms with Crippen molar-refractivity contribution in [3.05, 3.63) is 0 Å². The highest BCUT2D eigenvalue weighted by atomic mass is 16.5. The van der Waals surface area contributed by atoms with Crippen LogP contribution in [0.3, 0.4) is 0 Å². The number of nitrogens with two attached hydrogens (primary N) is 1. The van der Waals surface area contributed by atoms with Gasteiger partial charge < -0.3 is 11.1 Å². The van der Waals surface area contributed by atoms with Crippen LogP contribution >= 0.6 is 0 Å². The minimum atomic E-state index is -0.897. The lowest BCUT2D eigenvalue weighted by Gasteiger charge is -2.31. The number of likely N-dealkylation sites (tertiary alicyclic amines) is 1. The van der Waals surface area contributed by atoms with Gasteiger partial charge in [0.05, 0.1) is 6.04 Å². The zero-order valence-corrected chi connectivity index (χ0v) is 12.0. The van der Waals surface area contributed by atoms with Crippen molar-refractivity contribution in [2.75, 3.05) is 6.54 Å². The van der Waals surface area contributed by atoms with Crippen LogP contribution in [0.1, 0.15) is 26.7 Å². The number of carbonyl (C=O) groups is 4. The molecule has 1 aliphatic rings. The van der Waals surface area contributed by atoms with Gasteiger partial charge in [-0.05, 0) is 12.3 Å². The molecular formula is C12H20N4O5. The summed E-state index contributed by atoms with van der Waals surface area (Å²) in [5, 5.41) is 10.9. The van der Waals surface area contributed by atoms with E-state index in [1.807, 2.05) is 0 Å². The molecule has 0 spiro atoms. The smallest absolute Gasteiger partial charge is 0.263 e. The maximum absolute atomic E-state index is 12.1. The SMILES string of the molecule is CC(C)[C@H](N)C(=O)N[C@H]1CCC(=O)N(CC(=O)NO)C1=O. The van der Waals surface area contributed by atoms with Crippen molar-refractivity contribution >= 4 is 23.6 Å². The van der Waals surface area contributed by atoms with Crippen molar-refractivity contribution in [1.29, 1.82) is 0 Å². The highest BCUT2D eigenvalue weighted by Crippen LogP contribution is 2.13. The van der Waals surface area contributed by atoms with Crippen molar-refractivity contribution in [3.8, 4) is 0 Å². The van der Waals surface area contributed by atoms with E-state index in [2.05, 4.69) is 5.32 Å². The van der Waals surface area contributed by atoms with Gasteiger partial charge in [0, 0.05) is 6.42 Å². The predicted octanol–water partition coefficient (Wildman–Crippen LogP) is -1.89. The highest BCUT2D eigenvalue weighted by Gasteiger charge is 2.36. The van der Waals surface area contributed by atoms with Gasteiger partial charge in [-0.2, -0.15) is 0 Å². The van der Waals surface area contributed by atoms with Gasteiger partial charge in [0.2, 0.25) is 11.8 Å². The fourth-order valence-electron chi connectivity index (χ4n) is 1.89. The Balaban J connectivity index is 2.72. The summed E-state index contributed by atoms with van der Waals surface area (Å²) in [6, 6.07) is -1.66. The van der Waals surface area contributed by atoms with Gasteiger partial charge in [-0.15, -0.1) is 0 Å². The lowest BCUT2D eigenvalue weighted by atomic mass is 10.0. The first kappa shape index (κ1) is 17.1. The number of imide groups is 1. The summed E-state index contributed by atoms with van der Waals surface area (Å²) >= 11 is 0. The Morgan fingerprint density at radius 3 is 2.57 bits per heavy atom. The second-order valence-corrected chi connectivity index (χ2v) is 5.22. The van der Waals surface area contributed by atoms with Gasteiger partial charge in [-0.1, -0.05) is 13.8 Å². The standard InChI is InChI=1S/C12H20N4O5/c1-6(2)10(13)11(19)14-7-3-4-9(18)16(12(7)20)5-8(17)15-21/h6-7,10,21H,3-5,13H2,1-2H3,(H,14,19)(H,15,17)/t7-,10-/m0/s1. The summed E-state index contributed by atoms with van der Waals surface area (Å²) in [5.41, 5.74) is 7.04. The molecule has 1 fully saturated rings. The topological polar surface area (TPSA) is 142 Å². The number of hydrogen-bond acceptors (Lipinski definition) is 6. The fraction of sp³-hybridized carbons (Fsp3) is 0.667. The fourth-order valence-corrected chi connectivity index (χ4v) is 1.89. The van der Waals surface area contributed by atoms with Crippen LogP contribution in [-0.4, -0.2) is 52.4 Å². The Bertz CT molecular complexity index is 451. The number of piperidine rings is 1. The number of hydrogen-bond donors (Lipinski definition) is 4. The van der Waals surface area contributed by atoms with Gasteiger partial charge in [0.1, 0.15) is 12.6 Å². The van der Waals surface area contributed by atoms with E-state index in [1.165, 1.54) is 5.48 Å². The minimum Gasteiger partial charge on any atom is -0.343 e. The molecule has 0 aliphatic carbocycles. The van der Waals surface area contributed by atoms with E-state index >= 15 is 0 Å². The molecule has 0 unspecified atom stereocenters. The highest BCUT2D eigenvalue weighted by molar-refractivity contribution is 6.04. The molecule has 1 heterocycles. The minimum absolute atomic E-state index is 0.0202. The van der Waals surface area contributed by atoms with Gasteiger partial charge in [0.15, 0.2) is 0 Å². The Morgan fingerprint density at radius 2 is 2.05 bits per heavy atom. The van der Waals surface area contributed by atoms with E-state index in [-0.39, 0.29) is 18.8 Å². The summed E-state index contributed by atoms with van der Waals surface area (Å²) in [7, 11) is 0. The molecule has 0 bridgehead atoms. The number of rotatable bonds is 5. The van der Waals surface area contributed by atoms with E-state index in [0.717, 1.165) is 0 Å². The molecule has 0 saturated carbocycles. The van der Waals surface area contributed by atoms with Crippen molar-refractivity contribution in [3.63, 3.8) is 0 Å². The molecular weight excluding hydrogens is 280 g/mol. The third kappa shape index (κ3) is 4.23. The van der Waals surface area contributed by atoms with Crippen LogP contribution < -0.4 is 16.5 Å². The van der Waals surface area contributed by atoms with Crippen LogP contribution in [0.4, 0.5) is 0 Å². The molecule has 0 aromatic carbocycles. The van der Waals surface area contributed by atoms with Crippen LogP contribution in [-0.2, 0) is 19.2 Å². The van der Waals surface area contributed by atoms with Crippen LogP contribution in [0.25, 0.3) is 0 Å². The molecule has 118 valence electrons. The van der Waals surface area contributed by atoms with Gasteiger partial charge in [-0.25, -0.2) is 5.48 Å². The molecule has 0 radical (unpaired) electrons. The monoisotopic (exact) mass is 300 g/mol. The molecule has 1 aliphatic heterocycles. The number of hydroxylamine groups is 1. The van der Waals surface area contributed by atoms with E-state index in [4.69, 9.17) is 10.9 Å². The normalized spacial score (nSPS) is 20.4. The lowest BCUT2D eigenvalue weighted by Crippen LogP contribution is -2.58. The average molecular weight is 300 g/mol. The summed E-state index contributed by atoms with van der Waals surface area (Å²) in [6.45, 7) is 2.96. The molecule has 0 aromatic rings. The first-order valence-electron chi connectivity index (χ1n) is 6.61. The molecule has 1 rings (SSSR count). The van der Waals surface area contributed by atoms with Crippen molar-refractivity contribution in [2.45, 2.75) is 38.8 Å². The van der Waals surface area contributed by atoms with E-state index in [9.17, 15) is 19.2 Å². The van der Waals surface area contributed by atoms with E-state index < -0.39 is 42.3 Å². The van der Waals surface area contributed by atoms with Gasteiger partial charge in [0.25, 0.3) is 11.8 Å². The maximum Gasteiger partial charge on any atom is 0.263 e. The molecule has 21 heavy (non-hydrogen) atoms. The zero-order valence-electron chi connectivity index (χ0n) is 12.0. The Kier molecular flexibility index (Phi) is 5.79. The maximum atomic E-state index is 12.1. The molecule has 4 amide bonds. The van der Waals surface area contributed by atoms with E-state index in [0.29, 0.717) is 4.90 Å². The van der Waals surface area contributed by atoms with Gasteiger partial charge >= 0.3 is 0 Å². The molecule has 9 nitrogen and oxygen atoms in total. The summed E-state index contributed by atoms with van der Waals surface area (Å²) in [4.78, 5) is 47.4. The number of nitrogens with one attached hydrogen (secondary N) is 2. The number of nitrogens with zero attached hydrogens (tertiary/aromatic N) is 1. The molecule has 0 aromatic heterocycles. The van der Waals surface area contributed by atoms with Crippen LogP contribution in [0, 0.1) is 5.92 Å². The predicted molar refractivity (Wildman–Crippen MR) is 70.6 cm³/mol. The van der Waals surface area contributed by atoms with Crippen LogP contribution in [0.15, 0.2) is 0 Å². The Labute approximate surface area is 121 Å². The second kappa shape index (κ2) is 7.14. The van der Waals surface area contributed by atoms with Crippen molar-refractivity contribution in [2.24, 2.45) is 11.7 Å². The van der Waals surface area contributed by atoms with Gasteiger partial charge in [-0.3, -0.25) is 29.3 Å². The molecule has 5 N–H and O–H groups in total. The molecule has 1 saturated heterocycles. The van der Waals surface area contributed by atoms with E-state index in [1.54, 1.807) is 13.8 Å². The first-order valence-corrected chi connectivity index (χ1v) is 6.61. The third-order valence-corrected chi connectivity index (χ3v) is 3.28. The molecule has 2 atom stereocenters. The third-order valence-electron chi connectivity index (χ3n) is 3.28. The van der Waals surface area contributed by atoms with Crippen LogP contribution in [0.2, 0.25) is 0 Å². The quantitative estimate of drug-likeness (QED) is 0.266. The molecule has 9 heteroatoms. The largest absolute Gasteiger partial charge is 0.343 e. The lowest BCUT2D eigenvalue weighted by molar-refractivity contribution is -0.154. The van der Waals surface area contributed by atoms with Crippen molar-refractivity contribution < 1.29 is 24.4 Å². The first-order chi connectivity index (χ1) is 9.77. The average Bonchev–Trinajstić information content (AvgIpc) is 2.44. The van der Waals surface area contributed by atoms with Crippen LogP contribution in [0.5, 0.6) is 0 Å². The zero-order chi connectivity index (χ0) is 16.2. The Hall–Kier alpha value is -2.00. The summed E-state index contributed by atoms with van der Waals surface area (Å²) in [6.07, 6.45) is 0.178. The number of carbonyl (C=O) groups excluding carboxylic acids is 4.